The number of nitrogens with zero attached hydrogens (tertiary/aromatic N) is 2. The van der Waals surface area contributed by atoms with Crippen molar-refractivity contribution in [1.82, 2.24) is 14.8 Å². The lowest BCUT2D eigenvalue weighted by Gasteiger charge is -2.23. The standard InChI is InChI=1S/C30H33N3O3S2/c1-3-21-8-7-11-25-22(18-32(28(21)25)19-27(34)31-23-9-5-4-6-10-23)16-26-29(35)33(30(37)38-26)17-20-12-14-24(36-2)15-13-20/h7-8,11-16,18,23H,3-6,9-10,17,19H2,1-2H3,(H,31,34)/b26-16-. The maximum absolute atomic E-state index is 13.4. The Morgan fingerprint density at radius 2 is 1.92 bits per heavy atom. The van der Waals surface area contributed by atoms with Gasteiger partial charge >= 0.3 is 0 Å². The third-order valence-corrected chi connectivity index (χ3v) is 8.72. The monoisotopic (exact) mass is 547 g/mol. The number of thiocarbonyl (C=S) groups is 1. The van der Waals surface area contributed by atoms with Crippen LogP contribution >= 0.6 is 24.0 Å². The van der Waals surface area contributed by atoms with E-state index in [1.54, 1.807) is 12.0 Å². The third kappa shape index (κ3) is 5.66. The molecule has 0 unspecified atom stereocenters. The largest absolute Gasteiger partial charge is 0.497 e. The molecule has 0 radical (unpaired) electrons. The van der Waals surface area contributed by atoms with E-state index in [4.69, 9.17) is 17.0 Å². The fourth-order valence-corrected chi connectivity index (χ4v) is 6.60. The van der Waals surface area contributed by atoms with Gasteiger partial charge in [0.05, 0.1) is 24.1 Å². The molecule has 38 heavy (non-hydrogen) atoms. The van der Waals surface area contributed by atoms with Crippen LogP contribution in [0.1, 0.15) is 55.7 Å². The third-order valence-electron chi connectivity index (χ3n) is 7.34. The molecule has 2 aromatic carbocycles. The maximum atomic E-state index is 13.4. The number of aryl methyl sites for hydroxylation is 1. The Balaban J connectivity index is 1.40. The van der Waals surface area contributed by atoms with Gasteiger partial charge < -0.3 is 14.6 Å². The number of thioether (sulfide) groups is 1. The molecule has 2 aliphatic rings. The van der Waals surface area contributed by atoms with Gasteiger partial charge in [-0.1, -0.05) is 80.5 Å². The van der Waals surface area contributed by atoms with Crippen LogP contribution in [-0.2, 0) is 29.1 Å². The maximum Gasteiger partial charge on any atom is 0.266 e. The average molecular weight is 548 g/mol. The molecule has 1 aromatic heterocycles. The molecule has 2 heterocycles. The van der Waals surface area contributed by atoms with Gasteiger partial charge in [-0.05, 0) is 48.6 Å². The van der Waals surface area contributed by atoms with Crippen molar-refractivity contribution in [3.8, 4) is 5.75 Å². The summed E-state index contributed by atoms with van der Waals surface area (Å²) in [6.07, 6.45) is 10.5. The minimum Gasteiger partial charge on any atom is -0.497 e. The van der Waals surface area contributed by atoms with E-state index in [-0.39, 0.29) is 24.4 Å². The lowest BCUT2D eigenvalue weighted by atomic mass is 9.95. The summed E-state index contributed by atoms with van der Waals surface area (Å²) in [4.78, 5) is 28.6. The molecule has 198 valence electrons. The number of hydrogen-bond donors (Lipinski definition) is 1. The first-order valence-electron chi connectivity index (χ1n) is 13.2. The topological polar surface area (TPSA) is 63.6 Å². The first kappa shape index (κ1) is 26.5. The number of hydrogen-bond acceptors (Lipinski definition) is 5. The second-order valence-corrected chi connectivity index (χ2v) is 11.6. The number of carbonyl (C=O) groups excluding carboxylic acids is 2. The number of carbonyl (C=O) groups is 2. The molecular formula is C30H33N3O3S2. The predicted octanol–water partition coefficient (Wildman–Crippen LogP) is 6.06. The van der Waals surface area contributed by atoms with Crippen molar-refractivity contribution in [2.75, 3.05) is 7.11 Å². The minimum absolute atomic E-state index is 0.0390. The summed E-state index contributed by atoms with van der Waals surface area (Å²) < 4.78 is 7.82. The van der Waals surface area contributed by atoms with Crippen molar-refractivity contribution < 1.29 is 14.3 Å². The van der Waals surface area contributed by atoms with Crippen LogP contribution in [0.4, 0.5) is 0 Å². The number of para-hydroxylation sites is 1. The predicted molar refractivity (Wildman–Crippen MR) is 158 cm³/mol. The Kier molecular flexibility index (Phi) is 8.19. The number of aromatic nitrogens is 1. The van der Waals surface area contributed by atoms with Crippen LogP contribution in [0, 0.1) is 0 Å². The van der Waals surface area contributed by atoms with Crippen LogP contribution in [0.25, 0.3) is 17.0 Å². The van der Waals surface area contributed by atoms with Gasteiger partial charge in [0.15, 0.2) is 0 Å². The van der Waals surface area contributed by atoms with Gasteiger partial charge in [0, 0.05) is 23.2 Å². The van der Waals surface area contributed by atoms with Crippen molar-refractivity contribution in [2.45, 2.75) is 64.6 Å². The molecule has 1 saturated heterocycles. The van der Waals surface area contributed by atoms with E-state index in [1.165, 1.54) is 36.6 Å². The molecule has 0 atom stereocenters. The van der Waals surface area contributed by atoms with E-state index in [1.807, 2.05) is 47.2 Å². The number of fused-ring (bicyclic) bond motifs is 1. The second-order valence-electron chi connectivity index (χ2n) is 9.90. The number of benzene rings is 2. The lowest BCUT2D eigenvalue weighted by Crippen LogP contribution is -2.38. The van der Waals surface area contributed by atoms with Gasteiger partial charge in [0.1, 0.15) is 16.6 Å². The Hall–Kier alpha value is -3.10. The molecule has 0 spiro atoms. The summed E-state index contributed by atoms with van der Waals surface area (Å²) in [5.74, 6) is 0.713. The molecule has 2 amide bonds. The number of nitrogens with one attached hydrogen (secondary N) is 1. The highest BCUT2D eigenvalue weighted by Crippen LogP contribution is 2.36. The van der Waals surface area contributed by atoms with Gasteiger partial charge in [-0.3, -0.25) is 14.5 Å². The molecular weight excluding hydrogens is 514 g/mol. The number of rotatable bonds is 8. The van der Waals surface area contributed by atoms with Gasteiger partial charge in [-0.25, -0.2) is 0 Å². The van der Waals surface area contributed by atoms with Gasteiger partial charge in [0.25, 0.3) is 5.91 Å². The SMILES string of the molecule is CCc1cccc2c(/C=C3\SC(=S)N(Cc4ccc(OC)cc4)C3=O)cn(CC(=O)NC3CCCCC3)c12. The molecule has 8 heteroatoms. The van der Waals surface area contributed by atoms with Crippen LogP contribution in [0.5, 0.6) is 5.75 Å². The normalized spacial score (nSPS) is 17.5. The smallest absolute Gasteiger partial charge is 0.266 e. The van der Waals surface area contributed by atoms with Crippen molar-refractivity contribution in [1.29, 1.82) is 0 Å². The van der Waals surface area contributed by atoms with E-state index in [0.717, 1.165) is 47.0 Å². The molecule has 6 nitrogen and oxygen atoms in total. The van der Waals surface area contributed by atoms with E-state index in [2.05, 4.69) is 24.4 Å². The molecule has 5 rings (SSSR count). The quantitative estimate of drug-likeness (QED) is 0.274. The summed E-state index contributed by atoms with van der Waals surface area (Å²) in [5.41, 5.74) is 4.13. The fraction of sp³-hybridized carbons (Fsp3) is 0.367. The summed E-state index contributed by atoms with van der Waals surface area (Å²) in [6.45, 7) is 2.80. The summed E-state index contributed by atoms with van der Waals surface area (Å²) in [6, 6.07) is 14.1. The number of ether oxygens (including phenoxy) is 1. The molecule has 1 saturated carbocycles. The molecule has 0 bridgehead atoms. The first-order valence-corrected chi connectivity index (χ1v) is 14.5. The van der Waals surface area contributed by atoms with E-state index < -0.39 is 0 Å². The van der Waals surface area contributed by atoms with Crippen molar-refractivity contribution in [2.24, 2.45) is 0 Å². The van der Waals surface area contributed by atoms with Crippen molar-refractivity contribution >= 4 is 57.1 Å². The van der Waals surface area contributed by atoms with Crippen LogP contribution in [-0.4, -0.2) is 38.8 Å². The van der Waals surface area contributed by atoms with Crippen molar-refractivity contribution in [3.63, 3.8) is 0 Å². The first-order chi connectivity index (χ1) is 18.5. The highest BCUT2D eigenvalue weighted by Gasteiger charge is 2.32. The molecule has 1 aliphatic carbocycles. The zero-order chi connectivity index (χ0) is 26.6. The van der Waals surface area contributed by atoms with Crippen LogP contribution < -0.4 is 10.1 Å². The Labute approximate surface area is 233 Å². The molecule has 2 fully saturated rings. The number of methoxy groups -OCH3 is 1. The Bertz CT molecular complexity index is 1390. The van der Waals surface area contributed by atoms with E-state index >= 15 is 0 Å². The number of amides is 2. The molecule has 1 aliphatic heterocycles. The van der Waals surface area contributed by atoms with Gasteiger partial charge in [-0.2, -0.15) is 0 Å². The lowest BCUT2D eigenvalue weighted by molar-refractivity contribution is -0.123. The zero-order valence-corrected chi connectivity index (χ0v) is 23.5. The highest BCUT2D eigenvalue weighted by atomic mass is 32.2. The minimum atomic E-state index is -0.0987. The van der Waals surface area contributed by atoms with Crippen LogP contribution in [0.2, 0.25) is 0 Å². The summed E-state index contributed by atoms with van der Waals surface area (Å²) in [7, 11) is 1.63. The Morgan fingerprint density at radius 3 is 2.63 bits per heavy atom. The van der Waals surface area contributed by atoms with Gasteiger partial charge in [0.2, 0.25) is 5.91 Å². The van der Waals surface area contributed by atoms with Crippen LogP contribution in [0.3, 0.4) is 0 Å². The van der Waals surface area contributed by atoms with Crippen molar-refractivity contribution in [3.05, 3.63) is 70.3 Å². The second kappa shape index (κ2) is 11.7. The zero-order valence-electron chi connectivity index (χ0n) is 21.9. The highest BCUT2D eigenvalue weighted by molar-refractivity contribution is 8.26. The summed E-state index contributed by atoms with van der Waals surface area (Å²) >= 11 is 6.90. The Morgan fingerprint density at radius 1 is 1.16 bits per heavy atom. The molecule has 3 aromatic rings. The molecule has 1 N–H and O–H groups in total. The average Bonchev–Trinajstić information content (AvgIpc) is 3.41. The van der Waals surface area contributed by atoms with E-state index in [0.29, 0.717) is 15.8 Å². The van der Waals surface area contributed by atoms with Crippen LogP contribution in [0.15, 0.2) is 53.6 Å². The van der Waals surface area contributed by atoms with Gasteiger partial charge in [-0.15, -0.1) is 0 Å². The van der Waals surface area contributed by atoms with E-state index in [9.17, 15) is 9.59 Å². The fourth-order valence-electron chi connectivity index (χ4n) is 5.36. The summed E-state index contributed by atoms with van der Waals surface area (Å²) in [5, 5.41) is 4.27.